The molecule has 2 rings (SSSR count). The lowest BCUT2D eigenvalue weighted by Crippen LogP contribution is -2.27. The lowest BCUT2D eigenvalue weighted by molar-refractivity contribution is 0.192. The summed E-state index contributed by atoms with van der Waals surface area (Å²) in [6.45, 7) is 1.87. The summed E-state index contributed by atoms with van der Waals surface area (Å²) in [6, 6.07) is 0. The maximum Gasteiger partial charge on any atom is 0.0940 e. The Kier molecular flexibility index (Phi) is 1.88. The lowest BCUT2D eigenvalue weighted by Gasteiger charge is -2.27. The topological polar surface area (TPSA) is 12.0 Å². The van der Waals surface area contributed by atoms with E-state index >= 15 is 0 Å². The number of rotatable bonds is 1. The van der Waals surface area contributed by atoms with Crippen molar-refractivity contribution in [3.8, 4) is 0 Å². The molecule has 0 aromatic carbocycles. The van der Waals surface area contributed by atoms with E-state index in [0.717, 1.165) is 13.1 Å². The van der Waals surface area contributed by atoms with Gasteiger partial charge in [-0.05, 0) is 18.3 Å². The van der Waals surface area contributed by atoms with Crippen LogP contribution < -0.4 is 5.32 Å². The molecule has 1 aliphatic carbocycles. The van der Waals surface area contributed by atoms with Crippen molar-refractivity contribution in [2.75, 3.05) is 19.8 Å². The van der Waals surface area contributed by atoms with Crippen LogP contribution in [0.15, 0.2) is 0 Å². The van der Waals surface area contributed by atoms with Crippen molar-refractivity contribution in [1.29, 1.82) is 0 Å². The van der Waals surface area contributed by atoms with Crippen molar-refractivity contribution in [1.82, 2.24) is 5.32 Å². The Bertz CT molecular complexity index is 135. The Hall–Kier alpha value is -0.110. The third-order valence-corrected chi connectivity index (χ3v) is 3.52. The molecule has 1 nitrogen and oxygen atoms in total. The lowest BCUT2D eigenvalue weighted by atomic mass is 9.77. The monoisotopic (exact) mass is 157 g/mol. The van der Waals surface area contributed by atoms with Gasteiger partial charge in [-0.2, -0.15) is 0 Å². The molecule has 1 saturated heterocycles. The van der Waals surface area contributed by atoms with E-state index in [-0.39, 0.29) is 6.67 Å². The summed E-state index contributed by atoms with van der Waals surface area (Å²) in [5, 5.41) is 3.32. The van der Waals surface area contributed by atoms with E-state index < -0.39 is 0 Å². The van der Waals surface area contributed by atoms with Crippen molar-refractivity contribution < 1.29 is 4.39 Å². The maximum atomic E-state index is 12.6. The highest BCUT2D eigenvalue weighted by atomic mass is 19.1. The van der Waals surface area contributed by atoms with Crippen LogP contribution in [0.1, 0.15) is 25.7 Å². The van der Waals surface area contributed by atoms with Gasteiger partial charge in [0.25, 0.3) is 0 Å². The zero-order chi connectivity index (χ0) is 7.73. The van der Waals surface area contributed by atoms with E-state index in [1.54, 1.807) is 0 Å². The Morgan fingerprint density at radius 3 is 2.73 bits per heavy atom. The molecule has 0 aromatic heterocycles. The van der Waals surface area contributed by atoms with Gasteiger partial charge in [0.2, 0.25) is 0 Å². The highest BCUT2D eigenvalue weighted by Crippen LogP contribution is 2.46. The SMILES string of the molecule is FC[C@@H]1CNCC12CCCC2. The molecule has 2 fully saturated rings. The van der Waals surface area contributed by atoms with Gasteiger partial charge in [0.1, 0.15) is 0 Å². The fraction of sp³-hybridized carbons (Fsp3) is 1.00. The number of alkyl halides is 1. The van der Waals surface area contributed by atoms with Crippen LogP contribution in [-0.4, -0.2) is 19.8 Å². The van der Waals surface area contributed by atoms with Gasteiger partial charge >= 0.3 is 0 Å². The predicted molar refractivity (Wildman–Crippen MR) is 43.2 cm³/mol. The van der Waals surface area contributed by atoms with E-state index in [2.05, 4.69) is 5.32 Å². The molecular weight excluding hydrogens is 141 g/mol. The average Bonchev–Trinajstić information content (AvgIpc) is 2.62. The molecule has 0 aromatic rings. The molecule has 0 bridgehead atoms. The fourth-order valence-electron chi connectivity index (χ4n) is 2.74. The summed E-state index contributed by atoms with van der Waals surface area (Å²) in [4.78, 5) is 0. The first-order valence-corrected chi connectivity index (χ1v) is 4.64. The van der Waals surface area contributed by atoms with E-state index in [9.17, 15) is 4.39 Å². The summed E-state index contributed by atoms with van der Waals surface area (Å²) in [5.74, 6) is 0.324. The molecule has 1 atom stereocenters. The van der Waals surface area contributed by atoms with Gasteiger partial charge in [-0.3, -0.25) is 4.39 Å². The second kappa shape index (κ2) is 2.74. The highest BCUT2D eigenvalue weighted by molar-refractivity contribution is 4.97. The van der Waals surface area contributed by atoms with Crippen LogP contribution in [0.5, 0.6) is 0 Å². The molecule has 1 spiro atoms. The van der Waals surface area contributed by atoms with Gasteiger partial charge in [-0.15, -0.1) is 0 Å². The van der Waals surface area contributed by atoms with Gasteiger partial charge in [-0.25, -0.2) is 0 Å². The highest BCUT2D eigenvalue weighted by Gasteiger charge is 2.44. The van der Waals surface area contributed by atoms with Gasteiger partial charge in [0.15, 0.2) is 0 Å². The van der Waals surface area contributed by atoms with Crippen LogP contribution in [0.3, 0.4) is 0 Å². The molecule has 1 heterocycles. The third-order valence-electron chi connectivity index (χ3n) is 3.52. The van der Waals surface area contributed by atoms with Crippen molar-refractivity contribution in [2.24, 2.45) is 11.3 Å². The Morgan fingerprint density at radius 1 is 1.36 bits per heavy atom. The Morgan fingerprint density at radius 2 is 2.09 bits per heavy atom. The quantitative estimate of drug-likeness (QED) is 0.611. The average molecular weight is 157 g/mol. The second-order valence-corrected chi connectivity index (χ2v) is 4.05. The van der Waals surface area contributed by atoms with Gasteiger partial charge in [-0.1, -0.05) is 12.8 Å². The maximum absolute atomic E-state index is 12.6. The first-order chi connectivity index (χ1) is 5.37. The van der Waals surface area contributed by atoms with Gasteiger partial charge < -0.3 is 5.32 Å². The van der Waals surface area contributed by atoms with Crippen LogP contribution >= 0.6 is 0 Å². The van der Waals surface area contributed by atoms with Crippen molar-refractivity contribution in [3.63, 3.8) is 0 Å². The van der Waals surface area contributed by atoms with E-state index in [0.29, 0.717) is 11.3 Å². The van der Waals surface area contributed by atoms with E-state index in [4.69, 9.17) is 0 Å². The minimum Gasteiger partial charge on any atom is -0.316 e. The number of hydrogen-bond acceptors (Lipinski definition) is 1. The summed E-state index contributed by atoms with van der Waals surface area (Å²) < 4.78 is 12.6. The van der Waals surface area contributed by atoms with Gasteiger partial charge in [0.05, 0.1) is 6.67 Å². The van der Waals surface area contributed by atoms with Crippen LogP contribution in [0.2, 0.25) is 0 Å². The summed E-state index contributed by atoms with van der Waals surface area (Å²) >= 11 is 0. The molecule has 0 radical (unpaired) electrons. The molecule has 2 heteroatoms. The Balaban J connectivity index is 2.09. The Labute approximate surface area is 67.4 Å². The second-order valence-electron chi connectivity index (χ2n) is 4.05. The number of nitrogens with one attached hydrogen (secondary N) is 1. The zero-order valence-electron chi connectivity index (χ0n) is 6.91. The molecule has 0 amide bonds. The van der Waals surface area contributed by atoms with Crippen LogP contribution in [0.4, 0.5) is 4.39 Å². The van der Waals surface area contributed by atoms with E-state index in [1.807, 2.05) is 0 Å². The van der Waals surface area contributed by atoms with Crippen molar-refractivity contribution >= 4 is 0 Å². The number of hydrogen-bond donors (Lipinski definition) is 1. The molecule has 1 N–H and O–H groups in total. The van der Waals surface area contributed by atoms with Crippen LogP contribution in [0, 0.1) is 11.3 Å². The molecule has 64 valence electrons. The minimum absolute atomic E-state index is 0.118. The molecule has 0 unspecified atom stereocenters. The first kappa shape index (κ1) is 7.53. The standard InChI is InChI=1S/C9H16FN/c10-5-8-6-11-7-9(8)3-1-2-4-9/h8,11H,1-7H2/t8-/m1/s1. The molecule has 1 aliphatic heterocycles. The fourth-order valence-corrected chi connectivity index (χ4v) is 2.74. The van der Waals surface area contributed by atoms with Gasteiger partial charge in [0, 0.05) is 19.0 Å². The molecule has 2 aliphatic rings. The smallest absolute Gasteiger partial charge is 0.0940 e. The predicted octanol–water partition coefficient (Wildman–Crippen LogP) is 1.74. The van der Waals surface area contributed by atoms with E-state index in [1.165, 1.54) is 25.7 Å². The molecular formula is C9H16FN. The summed E-state index contributed by atoms with van der Waals surface area (Å²) in [5.41, 5.74) is 0.370. The number of halogens is 1. The first-order valence-electron chi connectivity index (χ1n) is 4.64. The molecule has 1 saturated carbocycles. The largest absolute Gasteiger partial charge is 0.316 e. The normalized spacial score (nSPS) is 35.2. The summed E-state index contributed by atoms with van der Waals surface area (Å²) in [7, 11) is 0. The van der Waals surface area contributed by atoms with Crippen LogP contribution in [-0.2, 0) is 0 Å². The van der Waals surface area contributed by atoms with Crippen molar-refractivity contribution in [2.45, 2.75) is 25.7 Å². The third kappa shape index (κ3) is 1.08. The zero-order valence-corrected chi connectivity index (χ0v) is 6.91. The van der Waals surface area contributed by atoms with Crippen molar-refractivity contribution in [3.05, 3.63) is 0 Å². The molecule has 11 heavy (non-hydrogen) atoms. The summed E-state index contributed by atoms with van der Waals surface area (Å²) in [6.07, 6.45) is 5.15. The minimum atomic E-state index is -0.118. The van der Waals surface area contributed by atoms with Crippen LogP contribution in [0.25, 0.3) is 0 Å².